The lowest BCUT2D eigenvalue weighted by molar-refractivity contribution is -0.356. The van der Waals surface area contributed by atoms with Crippen LogP contribution in [0.2, 0.25) is 0 Å². The monoisotopic (exact) mass is 642 g/mol. The standard InChI is InChI=1S/C32H34O14/c1-42-17-9-14-10-18(24(36)22-15(13-5-3-2-4-6-13)7-8-16(21(14)22)23(17)35)43-31-29(41)27(39)30(20(12-34)45-31)46-32-28(40)26(38)25(37)19(11-33)44-32/h2-10,19-20,25-35,37-41H,11-12H2,1H3/t19-,20-,25+,26-,27+,28+,29+,30+,31+,32-/m0/s1. The van der Waals surface area contributed by atoms with E-state index < -0.39 is 80.4 Å². The van der Waals surface area contributed by atoms with Crippen molar-refractivity contribution in [2.75, 3.05) is 20.3 Å². The Balaban J connectivity index is 1.31. The molecule has 6 rings (SSSR count). The maximum Gasteiger partial charge on any atom is 0.229 e. The SMILES string of the molecule is COc1cc2c3c(c(-c4ccccc4)ccc3c1O)C(=O)C(O[C@@H]1O[C@@H](CO)[C@@H](O[C@@H]3O[C@@H](CO)[C@@H](O)[C@H](O)[C@H]3O)[C@H](O)[C@H]1O)=C2. The van der Waals surface area contributed by atoms with Crippen molar-refractivity contribution < 1.29 is 69.3 Å². The van der Waals surface area contributed by atoms with Crippen LogP contribution in [0.15, 0.2) is 54.3 Å². The largest absolute Gasteiger partial charge is 0.504 e. The third kappa shape index (κ3) is 5.42. The lowest BCUT2D eigenvalue weighted by Crippen LogP contribution is -2.64. The minimum atomic E-state index is -1.87. The zero-order valence-corrected chi connectivity index (χ0v) is 24.4. The van der Waals surface area contributed by atoms with Crippen LogP contribution in [0.4, 0.5) is 0 Å². The molecule has 2 heterocycles. The summed E-state index contributed by atoms with van der Waals surface area (Å²) in [6, 6.07) is 14.0. The first-order valence-electron chi connectivity index (χ1n) is 14.5. The summed E-state index contributed by atoms with van der Waals surface area (Å²) in [6.07, 6.45) is -15.2. The average Bonchev–Trinajstić information content (AvgIpc) is 3.07. The van der Waals surface area contributed by atoms with Crippen molar-refractivity contribution in [3.05, 3.63) is 65.4 Å². The van der Waals surface area contributed by atoms with E-state index >= 15 is 0 Å². The van der Waals surface area contributed by atoms with Gasteiger partial charge >= 0.3 is 0 Å². The van der Waals surface area contributed by atoms with Crippen molar-refractivity contribution in [2.24, 2.45) is 0 Å². The average molecular weight is 643 g/mol. The van der Waals surface area contributed by atoms with Crippen LogP contribution < -0.4 is 4.74 Å². The molecule has 14 nitrogen and oxygen atoms in total. The fourth-order valence-corrected chi connectivity index (χ4v) is 6.07. The molecule has 0 spiro atoms. The highest BCUT2D eigenvalue weighted by Gasteiger charge is 2.51. The number of methoxy groups -OCH3 is 1. The van der Waals surface area contributed by atoms with E-state index in [1.54, 1.807) is 12.1 Å². The van der Waals surface area contributed by atoms with Crippen molar-refractivity contribution in [3.8, 4) is 22.6 Å². The topological polar surface area (TPSA) is 225 Å². The van der Waals surface area contributed by atoms with Gasteiger partial charge in [0, 0.05) is 16.3 Å². The van der Waals surface area contributed by atoms with Crippen LogP contribution in [-0.4, -0.2) is 128 Å². The summed E-state index contributed by atoms with van der Waals surface area (Å²) in [7, 11) is 1.38. The molecule has 2 saturated heterocycles. The molecule has 2 aliphatic heterocycles. The van der Waals surface area contributed by atoms with Gasteiger partial charge in [-0.05, 0) is 34.9 Å². The Morgan fingerprint density at radius 1 is 0.804 bits per heavy atom. The normalized spacial score (nSPS) is 32.7. The van der Waals surface area contributed by atoms with Crippen molar-refractivity contribution >= 4 is 22.6 Å². The van der Waals surface area contributed by atoms with E-state index in [0.717, 1.165) is 0 Å². The molecule has 0 unspecified atom stereocenters. The number of phenols is 1. The van der Waals surface area contributed by atoms with Crippen LogP contribution in [-0.2, 0) is 18.9 Å². The molecule has 10 atom stereocenters. The number of benzene rings is 3. The summed E-state index contributed by atoms with van der Waals surface area (Å²) < 4.78 is 27.9. The number of hydrogen-bond acceptors (Lipinski definition) is 14. The molecular formula is C32H34O14. The highest BCUT2D eigenvalue weighted by molar-refractivity contribution is 6.26. The van der Waals surface area contributed by atoms with Gasteiger partial charge in [-0.1, -0.05) is 36.4 Å². The molecule has 0 bridgehead atoms. The molecule has 0 aromatic heterocycles. The van der Waals surface area contributed by atoms with Crippen molar-refractivity contribution in [1.29, 1.82) is 0 Å². The first-order chi connectivity index (χ1) is 22.1. The van der Waals surface area contributed by atoms with E-state index in [9.17, 15) is 45.6 Å². The third-order valence-electron chi connectivity index (χ3n) is 8.51. The van der Waals surface area contributed by atoms with Gasteiger partial charge in [0.05, 0.1) is 20.3 Å². The maximum atomic E-state index is 14.1. The van der Waals surface area contributed by atoms with Crippen LogP contribution in [0.1, 0.15) is 15.9 Å². The highest BCUT2D eigenvalue weighted by Crippen LogP contribution is 2.45. The fraction of sp³-hybridized carbons (Fsp3) is 0.406. The van der Waals surface area contributed by atoms with E-state index in [0.29, 0.717) is 27.5 Å². The van der Waals surface area contributed by atoms with Gasteiger partial charge in [-0.25, -0.2) is 0 Å². The molecular weight excluding hydrogens is 608 g/mol. The number of aliphatic hydroxyl groups is 7. The molecule has 8 N–H and O–H groups in total. The fourth-order valence-electron chi connectivity index (χ4n) is 6.07. The van der Waals surface area contributed by atoms with Crippen molar-refractivity contribution in [3.63, 3.8) is 0 Å². The van der Waals surface area contributed by atoms with Gasteiger partial charge in [-0.3, -0.25) is 4.79 Å². The van der Waals surface area contributed by atoms with Crippen LogP contribution in [0.3, 0.4) is 0 Å². The zero-order valence-electron chi connectivity index (χ0n) is 24.4. The smallest absolute Gasteiger partial charge is 0.229 e. The second-order valence-electron chi connectivity index (χ2n) is 11.3. The number of ether oxygens (including phenoxy) is 5. The highest BCUT2D eigenvalue weighted by atomic mass is 16.7. The van der Waals surface area contributed by atoms with E-state index in [4.69, 9.17) is 23.7 Å². The van der Waals surface area contributed by atoms with Gasteiger partial charge in [0.25, 0.3) is 0 Å². The lowest BCUT2D eigenvalue weighted by Gasteiger charge is -2.46. The van der Waals surface area contributed by atoms with Crippen molar-refractivity contribution in [2.45, 2.75) is 61.4 Å². The summed E-state index contributed by atoms with van der Waals surface area (Å²) in [4.78, 5) is 14.1. The predicted molar refractivity (Wildman–Crippen MR) is 157 cm³/mol. The number of ketones is 1. The molecule has 14 heteroatoms. The number of allylic oxidation sites excluding steroid dienone is 1. The summed E-state index contributed by atoms with van der Waals surface area (Å²) in [5.74, 6) is -0.889. The molecule has 3 aromatic carbocycles. The van der Waals surface area contributed by atoms with Crippen LogP contribution in [0, 0.1) is 0 Å². The van der Waals surface area contributed by atoms with E-state index in [1.807, 2.05) is 30.3 Å². The number of phenolic OH excluding ortho intramolecular Hbond substituents is 1. The Morgan fingerprint density at radius 2 is 1.48 bits per heavy atom. The maximum absolute atomic E-state index is 14.1. The number of carbonyl (C=O) groups excluding carboxylic acids is 1. The minimum Gasteiger partial charge on any atom is -0.504 e. The predicted octanol–water partition coefficient (Wildman–Crippen LogP) is -0.601. The second kappa shape index (κ2) is 12.8. The summed E-state index contributed by atoms with van der Waals surface area (Å²) in [5, 5.41) is 83.9. The van der Waals surface area contributed by atoms with Crippen LogP contribution in [0.25, 0.3) is 28.0 Å². The second-order valence-corrected chi connectivity index (χ2v) is 11.3. The molecule has 2 fully saturated rings. The lowest BCUT2D eigenvalue weighted by atomic mass is 9.85. The zero-order chi connectivity index (χ0) is 32.9. The van der Waals surface area contributed by atoms with Gasteiger partial charge in [0.2, 0.25) is 12.1 Å². The Kier molecular flexibility index (Phi) is 9.02. The van der Waals surface area contributed by atoms with Crippen LogP contribution in [0.5, 0.6) is 11.5 Å². The van der Waals surface area contributed by atoms with Gasteiger partial charge in [-0.15, -0.1) is 0 Å². The van der Waals surface area contributed by atoms with Gasteiger partial charge in [0.1, 0.15) is 48.8 Å². The number of carbonyl (C=O) groups is 1. The van der Waals surface area contributed by atoms with Gasteiger partial charge in [0.15, 0.2) is 23.5 Å². The Bertz CT molecular complexity index is 1620. The Hall–Kier alpha value is -3.67. The molecule has 46 heavy (non-hydrogen) atoms. The van der Waals surface area contributed by atoms with E-state index in [-0.39, 0.29) is 22.8 Å². The van der Waals surface area contributed by atoms with Gasteiger partial charge in [-0.2, -0.15) is 0 Å². The summed E-state index contributed by atoms with van der Waals surface area (Å²) >= 11 is 0. The molecule has 0 radical (unpaired) electrons. The van der Waals surface area contributed by atoms with Gasteiger partial charge < -0.3 is 64.5 Å². The minimum absolute atomic E-state index is 0.142. The first kappa shape index (κ1) is 32.3. The Morgan fingerprint density at radius 3 is 2.15 bits per heavy atom. The number of hydrogen-bond donors (Lipinski definition) is 8. The van der Waals surface area contributed by atoms with E-state index in [1.165, 1.54) is 19.3 Å². The molecule has 246 valence electrons. The number of rotatable bonds is 8. The third-order valence-corrected chi connectivity index (χ3v) is 8.51. The molecule has 0 amide bonds. The number of aromatic hydroxyl groups is 1. The molecule has 0 saturated carbocycles. The molecule has 3 aromatic rings. The van der Waals surface area contributed by atoms with Crippen molar-refractivity contribution in [1.82, 2.24) is 0 Å². The number of aliphatic hydroxyl groups excluding tert-OH is 7. The molecule has 3 aliphatic rings. The summed E-state index contributed by atoms with van der Waals surface area (Å²) in [6.45, 7) is -1.51. The summed E-state index contributed by atoms with van der Waals surface area (Å²) in [5.41, 5.74) is 1.93. The van der Waals surface area contributed by atoms with Crippen LogP contribution >= 0.6 is 0 Å². The number of Topliss-reactive ketones (excluding diaryl/α,β-unsaturated/α-hetero) is 1. The quantitative estimate of drug-likeness (QED) is 0.154. The molecule has 1 aliphatic carbocycles. The first-order valence-corrected chi connectivity index (χ1v) is 14.5. The van der Waals surface area contributed by atoms with E-state index in [2.05, 4.69) is 0 Å². The Labute approximate surface area is 261 Å².